The number of nitrogens with one attached hydrogen (secondary N) is 2. The van der Waals surface area contributed by atoms with Crippen LogP contribution in [0.15, 0.2) is 66.7 Å². The summed E-state index contributed by atoms with van der Waals surface area (Å²) in [7, 11) is 0. The molecule has 13 heteroatoms. The van der Waals surface area contributed by atoms with E-state index in [0.29, 0.717) is 18.7 Å². The third-order valence-corrected chi connectivity index (χ3v) is 9.33. The molecule has 2 fully saturated rings. The van der Waals surface area contributed by atoms with Gasteiger partial charge in [0.1, 0.15) is 23.2 Å². The number of ether oxygens (including phenoxy) is 1. The third kappa shape index (κ3) is 7.65. The second-order valence-corrected chi connectivity index (χ2v) is 14.1. The SMILES string of the molecule is CC(C)(C)OC(=O)N[C@H]1CCCCC/C=C\[C@@H]2C[C@]2(C(=O)O)NC(=O)[C@@H]2C[C@H](n3nnc(-c4ccc(-c5ccccc5)cc4)n3)CN2C1=O. The van der Waals surface area contributed by atoms with Gasteiger partial charge >= 0.3 is 12.1 Å². The predicted molar refractivity (Wildman–Crippen MR) is 180 cm³/mol. The highest BCUT2D eigenvalue weighted by atomic mass is 16.6. The summed E-state index contributed by atoms with van der Waals surface area (Å²) in [5.74, 6) is -2.08. The molecular formula is C36H43N7O6. The molecule has 1 saturated heterocycles. The van der Waals surface area contributed by atoms with Crippen molar-refractivity contribution in [1.29, 1.82) is 0 Å². The highest BCUT2D eigenvalue weighted by Crippen LogP contribution is 2.45. The first-order chi connectivity index (χ1) is 23.4. The zero-order valence-corrected chi connectivity index (χ0v) is 28.0. The van der Waals surface area contributed by atoms with Crippen molar-refractivity contribution < 1.29 is 29.0 Å². The first-order valence-electron chi connectivity index (χ1n) is 16.9. The number of carbonyl (C=O) groups excluding carboxylic acids is 3. The molecule has 13 nitrogen and oxygen atoms in total. The maximum Gasteiger partial charge on any atom is 0.408 e. The number of carboxylic acids is 1. The smallest absolute Gasteiger partial charge is 0.408 e. The van der Waals surface area contributed by atoms with Crippen LogP contribution in [0.5, 0.6) is 0 Å². The Morgan fingerprint density at radius 2 is 1.71 bits per heavy atom. The van der Waals surface area contributed by atoms with Crippen molar-refractivity contribution in [3.63, 3.8) is 0 Å². The van der Waals surface area contributed by atoms with Gasteiger partial charge in [-0.2, -0.15) is 4.80 Å². The monoisotopic (exact) mass is 669 g/mol. The second kappa shape index (κ2) is 13.8. The molecule has 0 bridgehead atoms. The normalized spacial score (nSPS) is 26.7. The number of benzene rings is 2. The summed E-state index contributed by atoms with van der Waals surface area (Å²) in [5, 5.41) is 28.8. The van der Waals surface area contributed by atoms with E-state index in [1.54, 1.807) is 20.8 Å². The van der Waals surface area contributed by atoms with Gasteiger partial charge < -0.3 is 25.4 Å². The molecular weight excluding hydrogens is 626 g/mol. The molecule has 49 heavy (non-hydrogen) atoms. The molecule has 1 saturated carbocycles. The van der Waals surface area contributed by atoms with Crippen molar-refractivity contribution in [3.8, 4) is 22.5 Å². The van der Waals surface area contributed by atoms with E-state index in [4.69, 9.17) is 4.74 Å². The summed E-state index contributed by atoms with van der Waals surface area (Å²) in [4.78, 5) is 56.3. The van der Waals surface area contributed by atoms with Gasteiger partial charge in [0.25, 0.3) is 0 Å². The molecule has 258 valence electrons. The molecule has 0 radical (unpaired) electrons. The molecule has 2 aliphatic heterocycles. The minimum Gasteiger partial charge on any atom is -0.479 e. The minimum absolute atomic E-state index is 0.0650. The van der Waals surface area contributed by atoms with E-state index in [2.05, 4.69) is 26.0 Å². The molecule has 1 aromatic heterocycles. The Bertz CT molecular complexity index is 1720. The number of carboxylic acid groups (broad SMARTS) is 1. The van der Waals surface area contributed by atoms with E-state index >= 15 is 0 Å². The van der Waals surface area contributed by atoms with Crippen LogP contribution in [0.1, 0.15) is 71.8 Å². The van der Waals surface area contributed by atoms with Gasteiger partial charge in [0.05, 0.1) is 6.04 Å². The summed E-state index contributed by atoms with van der Waals surface area (Å²) < 4.78 is 5.47. The summed E-state index contributed by atoms with van der Waals surface area (Å²) in [6.45, 7) is 5.29. The standard InChI is InChI=1S/C36H43N7O6/c1-35(2,3)49-34(48)37-28-15-11-6-4-5-10-14-26-21-36(26,33(46)47)38-31(44)29-20-27(22-42(29)32(28)45)43-40-30(39-41-43)25-18-16-24(17-19-25)23-12-8-7-9-13-23/h7-10,12-14,16-19,26-29H,4-6,11,15,20-22H2,1-3H3,(H,37,48)(H,38,44)(H,46,47)/b14-10-/t26-,27+,28+,29+,36+/m1/s1. The van der Waals surface area contributed by atoms with Crippen molar-refractivity contribution in [2.45, 2.75) is 95.0 Å². The van der Waals surface area contributed by atoms with Crippen LogP contribution in [0.3, 0.4) is 0 Å². The van der Waals surface area contributed by atoms with Gasteiger partial charge in [0, 0.05) is 24.4 Å². The van der Waals surface area contributed by atoms with Gasteiger partial charge in [-0.1, -0.05) is 79.6 Å². The lowest BCUT2D eigenvalue weighted by Gasteiger charge is -2.30. The topological polar surface area (TPSA) is 169 Å². The van der Waals surface area contributed by atoms with Crippen LogP contribution in [-0.2, 0) is 19.1 Å². The van der Waals surface area contributed by atoms with Crippen molar-refractivity contribution in [2.75, 3.05) is 6.54 Å². The van der Waals surface area contributed by atoms with E-state index < -0.39 is 53.1 Å². The molecule has 3 heterocycles. The van der Waals surface area contributed by atoms with Gasteiger partial charge in [-0.3, -0.25) is 9.59 Å². The lowest BCUT2D eigenvalue weighted by Crippen LogP contribution is -2.56. The molecule has 3 amide bonds. The molecule has 0 spiro atoms. The molecule has 3 aromatic rings. The van der Waals surface area contributed by atoms with Gasteiger partial charge in [-0.25, -0.2) is 9.59 Å². The van der Waals surface area contributed by atoms with Crippen LogP contribution in [-0.4, -0.2) is 83.9 Å². The molecule has 5 atom stereocenters. The van der Waals surface area contributed by atoms with Crippen LogP contribution in [0.4, 0.5) is 4.79 Å². The van der Waals surface area contributed by atoms with Crippen LogP contribution >= 0.6 is 0 Å². The molecule has 3 aliphatic rings. The Kier molecular flexibility index (Phi) is 9.53. The highest BCUT2D eigenvalue weighted by molar-refractivity contribution is 5.96. The Labute approximate surface area is 285 Å². The fourth-order valence-corrected chi connectivity index (χ4v) is 6.63. The van der Waals surface area contributed by atoms with Gasteiger partial charge in [0.15, 0.2) is 0 Å². The fraction of sp³-hybridized carbons (Fsp3) is 0.472. The highest BCUT2D eigenvalue weighted by Gasteiger charge is 2.61. The molecule has 0 unspecified atom stereocenters. The Balaban J connectivity index is 1.26. The average molecular weight is 670 g/mol. The van der Waals surface area contributed by atoms with Gasteiger partial charge in [-0.15, -0.1) is 10.2 Å². The first kappa shape index (κ1) is 33.8. The predicted octanol–water partition coefficient (Wildman–Crippen LogP) is 4.52. The van der Waals surface area contributed by atoms with E-state index in [0.717, 1.165) is 36.0 Å². The number of fused-ring (bicyclic) bond motifs is 2. The Morgan fingerprint density at radius 3 is 2.43 bits per heavy atom. The third-order valence-electron chi connectivity index (χ3n) is 9.33. The lowest BCUT2D eigenvalue weighted by atomic mass is 10.0. The number of nitrogens with zero attached hydrogens (tertiary/aromatic N) is 5. The number of aliphatic carboxylic acids is 1. The summed E-state index contributed by atoms with van der Waals surface area (Å²) in [5.41, 5.74) is 0.680. The fourth-order valence-electron chi connectivity index (χ4n) is 6.63. The van der Waals surface area contributed by atoms with Crippen molar-refractivity contribution >= 4 is 23.9 Å². The number of amides is 3. The van der Waals surface area contributed by atoms with E-state index in [1.807, 2.05) is 66.7 Å². The summed E-state index contributed by atoms with van der Waals surface area (Å²) >= 11 is 0. The van der Waals surface area contributed by atoms with Crippen LogP contribution < -0.4 is 10.6 Å². The summed E-state index contributed by atoms with van der Waals surface area (Å²) in [6.07, 6.45) is 6.92. The second-order valence-electron chi connectivity index (χ2n) is 14.1. The van der Waals surface area contributed by atoms with Crippen LogP contribution in [0.25, 0.3) is 22.5 Å². The maximum atomic E-state index is 14.3. The molecule has 2 aromatic carbocycles. The largest absolute Gasteiger partial charge is 0.479 e. The zero-order valence-electron chi connectivity index (χ0n) is 28.0. The molecule has 6 rings (SSSR count). The average Bonchev–Trinajstić information content (AvgIpc) is 3.38. The number of allylic oxidation sites excluding steroid dienone is 1. The van der Waals surface area contributed by atoms with Gasteiger partial charge in [0.2, 0.25) is 17.6 Å². The van der Waals surface area contributed by atoms with Crippen molar-refractivity contribution in [1.82, 2.24) is 35.7 Å². The van der Waals surface area contributed by atoms with E-state index in [9.17, 15) is 24.3 Å². The number of tetrazole rings is 1. The number of hydrogen-bond acceptors (Lipinski definition) is 8. The van der Waals surface area contributed by atoms with Crippen LogP contribution in [0.2, 0.25) is 0 Å². The Morgan fingerprint density at radius 1 is 1.00 bits per heavy atom. The quantitative estimate of drug-likeness (QED) is 0.331. The van der Waals surface area contributed by atoms with E-state index in [1.165, 1.54) is 9.70 Å². The summed E-state index contributed by atoms with van der Waals surface area (Å²) in [6, 6.07) is 15.3. The number of alkyl carbamates (subject to hydrolysis) is 1. The van der Waals surface area contributed by atoms with E-state index in [-0.39, 0.29) is 25.3 Å². The zero-order chi connectivity index (χ0) is 34.8. The molecule has 3 N–H and O–H groups in total. The number of aromatic nitrogens is 4. The molecule has 1 aliphatic carbocycles. The Hall–Kier alpha value is -5.07. The lowest BCUT2D eigenvalue weighted by molar-refractivity contribution is -0.145. The number of hydrogen-bond donors (Lipinski definition) is 3. The van der Waals surface area contributed by atoms with Gasteiger partial charge in [-0.05, 0) is 62.8 Å². The van der Waals surface area contributed by atoms with Crippen LogP contribution in [0, 0.1) is 5.92 Å². The number of carbonyl (C=O) groups is 4. The maximum absolute atomic E-state index is 14.3. The minimum atomic E-state index is -1.43. The van der Waals surface area contributed by atoms with Crippen molar-refractivity contribution in [3.05, 3.63) is 66.7 Å². The first-order valence-corrected chi connectivity index (χ1v) is 16.9. The number of rotatable bonds is 5. The van der Waals surface area contributed by atoms with Crippen molar-refractivity contribution in [2.24, 2.45) is 5.92 Å².